The van der Waals surface area contributed by atoms with Crippen molar-refractivity contribution >= 4 is 27.9 Å². The lowest BCUT2D eigenvalue weighted by atomic mass is 10.2. The van der Waals surface area contributed by atoms with Crippen LogP contribution in [-0.2, 0) is 11.3 Å². The van der Waals surface area contributed by atoms with Crippen LogP contribution in [0, 0.1) is 13.8 Å². The number of nitrogens with one attached hydrogen (secondary N) is 1. The molecular formula is C20H24N4O2S. The summed E-state index contributed by atoms with van der Waals surface area (Å²) in [5.74, 6) is -0.0671. The van der Waals surface area contributed by atoms with Gasteiger partial charge >= 0.3 is 0 Å². The summed E-state index contributed by atoms with van der Waals surface area (Å²) in [6.07, 6.45) is 0.914. The van der Waals surface area contributed by atoms with Crippen molar-refractivity contribution in [2.24, 2.45) is 0 Å². The zero-order chi connectivity index (χ0) is 19.4. The summed E-state index contributed by atoms with van der Waals surface area (Å²) in [6, 6.07) is 9.28. The molecule has 0 bridgehead atoms. The molecule has 1 aromatic carbocycles. The highest BCUT2D eigenvalue weighted by molar-refractivity contribution is 7.15. The fraction of sp³-hybridized carbons (Fsp3) is 0.350. The molecule has 2 heterocycles. The van der Waals surface area contributed by atoms with Crippen molar-refractivity contribution in [1.82, 2.24) is 14.3 Å². The SMILES string of the molecule is CCCN(CC(=O)Nc1ccccc1C)Cc1cc(=O)n2c(C)csc2n1. The van der Waals surface area contributed by atoms with E-state index in [1.165, 1.54) is 11.3 Å². The van der Waals surface area contributed by atoms with Gasteiger partial charge in [0.05, 0.1) is 12.2 Å². The second-order valence-electron chi connectivity index (χ2n) is 6.65. The molecule has 0 saturated carbocycles. The van der Waals surface area contributed by atoms with Crippen LogP contribution in [0.5, 0.6) is 0 Å². The molecule has 0 unspecified atom stereocenters. The number of amides is 1. The molecule has 2 aromatic heterocycles. The minimum atomic E-state index is -0.0745. The van der Waals surface area contributed by atoms with Crippen LogP contribution in [0.25, 0.3) is 4.96 Å². The summed E-state index contributed by atoms with van der Waals surface area (Å²) in [6.45, 7) is 7.41. The minimum Gasteiger partial charge on any atom is -0.325 e. The molecule has 0 radical (unpaired) electrons. The first-order valence-corrected chi connectivity index (χ1v) is 9.90. The second kappa shape index (κ2) is 8.45. The number of nitrogens with zero attached hydrogens (tertiary/aromatic N) is 3. The number of aryl methyl sites for hydroxylation is 2. The van der Waals surface area contributed by atoms with E-state index in [-0.39, 0.29) is 18.0 Å². The highest BCUT2D eigenvalue weighted by atomic mass is 32.1. The Bertz CT molecular complexity index is 1010. The molecule has 7 heteroatoms. The van der Waals surface area contributed by atoms with Gasteiger partial charge in [-0.2, -0.15) is 0 Å². The molecule has 3 rings (SSSR count). The van der Waals surface area contributed by atoms with E-state index in [2.05, 4.69) is 17.2 Å². The Balaban J connectivity index is 1.73. The smallest absolute Gasteiger partial charge is 0.259 e. The quantitative estimate of drug-likeness (QED) is 0.679. The number of hydrogen-bond acceptors (Lipinski definition) is 5. The molecule has 1 amide bonds. The van der Waals surface area contributed by atoms with Crippen LogP contribution in [0.4, 0.5) is 5.69 Å². The number of rotatable bonds is 7. The Hall–Kier alpha value is -2.51. The molecule has 142 valence electrons. The first kappa shape index (κ1) is 19.3. The summed E-state index contributed by atoms with van der Waals surface area (Å²) < 4.78 is 1.61. The Morgan fingerprint density at radius 2 is 2.07 bits per heavy atom. The number of carbonyl (C=O) groups is 1. The van der Waals surface area contributed by atoms with E-state index in [0.717, 1.165) is 29.9 Å². The molecular weight excluding hydrogens is 360 g/mol. The van der Waals surface area contributed by atoms with Crippen molar-refractivity contribution in [2.75, 3.05) is 18.4 Å². The topological polar surface area (TPSA) is 66.7 Å². The Morgan fingerprint density at radius 3 is 2.81 bits per heavy atom. The molecule has 3 aromatic rings. The number of carbonyl (C=O) groups excluding carboxylic acids is 1. The number of thiazole rings is 1. The van der Waals surface area contributed by atoms with Crippen LogP contribution in [-0.4, -0.2) is 33.3 Å². The Labute approximate surface area is 162 Å². The van der Waals surface area contributed by atoms with Crippen LogP contribution in [0.3, 0.4) is 0 Å². The van der Waals surface area contributed by atoms with Crippen molar-refractivity contribution < 1.29 is 4.79 Å². The third-order valence-electron chi connectivity index (χ3n) is 4.34. The number of benzene rings is 1. The maximum absolute atomic E-state index is 12.5. The van der Waals surface area contributed by atoms with Gasteiger partial charge in [0.1, 0.15) is 0 Å². The average molecular weight is 385 g/mol. The zero-order valence-corrected chi connectivity index (χ0v) is 16.7. The number of para-hydroxylation sites is 1. The van der Waals surface area contributed by atoms with E-state index >= 15 is 0 Å². The number of hydrogen-bond donors (Lipinski definition) is 1. The van der Waals surface area contributed by atoms with Gasteiger partial charge in [-0.1, -0.05) is 25.1 Å². The van der Waals surface area contributed by atoms with Crippen LogP contribution in [0.2, 0.25) is 0 Å². The largest absolute Gasteiger partial charge is 0.325 e. The summed E-state index contributed by atoms with van der Waals surface area (Å²) in [7, 11) is 0. The highest BCUT2D eigenvalue weighted by Gasteiger charge is 2.14. The van der Waals surface area contributed by atoms with Gasteiger partial charge in [0, 0.05) is 29.4 Å². The summed E-state index contributed by atoms with van der Waals surface area (Å²) >= 11 is 1.45. The molecule has 0 aliphatic rings. The van der Waals surface area contributed by atoms with Crippen LogP contribution in [0.15, 0.2) is 40.5 Å². The summed E-state index contributed by atoms with van der Waals surface area (Å²) in [5, 5.41) is 4.89. The van der Waals surface area contributed by atoms with Gasteiger partial charge < -0.3 is 5.32 Å². The van der Waals surface area contributed by atoms with Gasteiger partial charge in [-0.05, 0) is 38.4 Å². The highest BCUT2D eigenvalue weighted by Crippen LogP contribution is 2.14. The van der Waals surface area contributed by atoms with E-state index in [0.29, 0.717) is 17.2 Å². The van der Waals surface area contributed by atoms with Crippen molar-refractivity contribution in [2.45, 2.75) is 33.7 Å². The number of anilines is 1. The monoisotopic (exact) mass is 384 g/mol. The van der Waals surface area contributed by atoms with E-state index in [1.807, 2.05) is 48.4 Å². The van der Waals surface area contributed by atoms with Crippen LogP contribution >= 0.6 is 11.3 Å². The van der Waals surface area contributed by atoms with Crippen molar-refractivity contribution in [3.8, 4) is 0 Å². The predicted molar refractivity (Wildman–Crippen MR) is 109 cm³/mol. The molecule has 0 fully saturated rings. The van der Waals surface area contributed by atoms with Gasteiger partial charge in [-0.15, -0.1) is 11.3 Å². The molecule has 27 heavy (non-hydrogen) atoms. The minimum absolute atomic E-state index is 0.0671. The van der Waals surface area contributed by atoms with Crippen molar-refractivity contribution in [3.63, 3.8) is 0 Å². The predicted octanol–water partition coefficient (Wildman–Crippen LogP) is 3.22. The third-order valence-corrected chi connectivity index (χ3v) is 5.28. The molecule has 1 N–H and O–H groups in total. The maximum atomic E-state index is 12.5. The van der Waals surface area contributed by atoms with Gasteiger partial charge in [0.2, 0.25) is 5.91 Å². The van der Waals surface area contributed by atoms with E-state index < -0.39 is 0 Å². The van der Waals surface area contributed by atoms with Gasteiger partial charge in [-0.25, -0.2) is 4.98 Å². The number of fused-ring (bicyclic) bond motifs is 1. The van der Waals surface area contributed by atoms with Gasteiger partial charge in [0.15, 0.2) is 4.96 Å². The molecule has 0 spiro atoms. The third kappa shape index (κ3) is 4.61. The maximum Gasteiger partial charge on any atom is 0.259 e. The first-order valence-electron chi connectivity index (χ1n) is 9.02. The Kier molecular flexibility index (Phi) is 6.03. The lowest BCUT2D eigenvalue weighted by molar-refractivity contribution is -0.117. The van der Waals surface area contributed by atoms with Crippen LogP contribution in [0.1, 0.15) is 30.3 Å². The lowest BCUT2D eigenvalue weighted by Crippen LogP contribution is -2.34. The first-order chi connectivity index (χ1) is 13.0. The van der Waals surface area contributed by atoms with Crippen LogP contribution < -0.4 is 10.9 Å². The summed E-state index contributed by atoms with van der Waals surface area (Å²) in [4.78, 5) is 32.1. The van der Waals surface area contributed by atoms with E-state index in [1.54, 1.807) is 10.5 Å². The van der Waals surface area contributed by atoms with E-state index in [4.69, 9.17) is 0 Å². The van der Waals surface area contributed by atoms with Gasteiger partial charge in [-0.3, -0.25) is 18.9 Å². The fourth-order valence-electron chi connectivity index (χ4n) is 3.05. The second-order valence-corrected chi connectivity index (χ2v) is 7.49. The molecule has 0 saturated heterocycles. The lowest BCUT2D eigenvalue weighted by Gasteiger charge is -2.21. The van der Waals surface area contributed by atoms with Gasteiger partial charge in [0.25, 0.3) is 5.56 Å². The standard InChI is InChI=1S/C20H24N4O2S/c1-4-9-23(12-18(25)22-17-8-6-5-7-14(17)2)11-16-10-19(26)24-15(3)13-27-20(24)21-16/h5-8,10,13H,4,9,11-12H2,1-3H3,(H,22,25). The molecule has 6 nitrogen and oxygen atoms in total. The number of aromatic nitrogens is 2. The molecule has 0 atom stereocenters. The molecule has 0 aliphatic heterocycles. The summed E-state index contributed by atoms with van der Waals surface area (Å²) in [5.41, 5.74) is 3.36. The molecule has 0 aliphatic carbocycles. The fourth-order valence-corrected chi connectivity index (χ4v) is 3.94. The normalized spacial score (nSPS) is 11.3. The Morgan fingerprint density at radius 1 is 1.30 bits per heavy atom. The zero-order valence-electron chi connectivity index (χ0n) is 15.9. The van der Waals surface area contributed by atoms with Crippen molar-refractivity contribution in [1.29, 1.82) is 0 Å². The average Bonchev–Trinajstić information content (AvgIpc) is 2.98. The van der Waals surface area contributed by atoms with Crippen molar-refractivity contribution in [3.05, 3.63) is 63.0 Å². The van der Waals surface area contributed by atoms with E-state index in [9.17, 15) is 9.59 Å².